The molecule has 2 unspecified atom stereocenters. The zero-order valence-corrected chi connectivity index (χ0v) is 17.1. The molecule has 0 saturated carbocycles. The molecule has 25 heavy (non-hydrogen) atoms. The summed E-state index contributed by atoms with van der Waals surface area (Å²) in [5.74, 6) is 0.687. The van der Waals surface area contributed by atoms with E-state index >= 15 is 0 Å². The monoisotopic (exact) mass is 374 g/mol. The van der Waals surface area contributed by atoms with Gasteiger partial charge < -0.3 is 4.89 Å². The smallest absolute Gasteiger partial charge is 0.302 e. The molecule has 0 saturated heterocycles. The second kappa shape index (κ2) is 17.9. The Morgan fingerprint density at radius 1 is 0.880 bits per heavy atom. The van der Waals surface area contributed by atoms with Crippen molar-refractivity contribution in [2.45, 2.75) is 79.1 Å². The number of rotatable bonds is 14. The van der Waals surface area contributed by atoms with E-state index in [0.29, 0.717) is 25.0 Å². The minimum Gasteiger partial charge on any atom is -0.302 e. The summed E-state index contributed by atoms with van der Waals surface area (Å²) in [5, 5.41) is 14.5. The van der Waals surface area contributed by atoms with Gasteiger partial charge in [-0.2, -0.15) is 10.5 Å². The molecule has 0 rings (SSSR count). The van der Waals surface area contributed by atoms with Gasteiger partial charge in [-0.1, -0.05) is 66.2 Å². The van der Waals surface area contributed by atoms with Crippen molar-refractivity contribution in [1.29, 1.82) is 10.5 Å². The van der Waals surface area contributed by atoms with E-state index in [1.54, 1.807) is 0 Å². The Bertz CT molecular complexity index is 396. The van der Waals surface area contributed by atoms with E-state index < -0.39 is 7.82 Å². The molecule has 2 atom stereocenters. The van der Waals surface area contributed by atoms with Crippen LogP contribution >= 0.6 is 7.82 Å². The third kappa shape index (κ3) is 17.7. The van der Waals surface area contributed by atoms with Crippen molar-refractivity contribution in [3.05, 3.63) is 0 Å². The molecule has 0 amide bonds. The highest BCUT2D eigenvalue weighted by Crippen LogP contribution is 2.44. The molecular weight excluding hydrogens is 339 g/mol. The predicted molar refractivity (Wildman–Crippen MR) is 99.6 cm³/mol. The molecule has 0 spiro atoms. The fourth-order valence-corrected chi connectivity index (χ4v) is 3.11. The summed E-state index contributed by atoms with van der Waals surface area (Å²) in [7, 11) is -3.89. The van der Waals surface area contributed by atoms with E-state index in [2.05, 4.69) is 27.7 Å². The van der Waals surface area contributed by atoms with Crippen LogP contribution < -0.4 is 0 Å². The summed E-state index contributed by atoms with van der Waals surface area (Å²) < 4.78 is 22.2. The van der Waals surface area contributed by atoms with Gasteiger partial charge in [-0.25, -0.2) is 4.57 Å². The lowest BCUT2D eigenvalue weighted by molar-refractivity contribution is 0.110. The fourth-order valence-electron chi connectivity index (χ4n) is 2.23. The van der Waals surface area contributed by atoms with Crippen molar-refractivity contribution in [3.63, 3.8) is 0 Å². The second-order valence-corrected chi connectivity index (χ2v) is 7.57. The Balaban J connectivity index is 0. The van der Waals surface area contributed by atoms with Crippen LogP contribution in [0.5, 0.6) is 0 Å². The lowest BCUT2D eigenvalue weighted by Crippen LogP contribution is -2.12. The zero-order chi connectivity index (χ0) is 19.6. The van der Waals surface area contributed by atoms with Crippen LogP contribution in [0.1, 0.15) is 79.1 Å². The molecule has 0 aliphatic heterocycles. The van der Waals surface area contributed by atoms with E-state index in [1.807, 2.05) is 0 Å². The van der Waals surface area contributed by atoms with Crippen LogP contribution in [0.3, 0.4) is 0 Å². The number of hydrogen-bond donors (Lipinski definition) is 1. The molecule has 0 radical (unpaired) electrons. The number of phosphoric acid groups is 1. The summed E-state index contributed by atoms with van der Waals surface area (Å²) in [4.78, 5) is 9.77. The predicted octanol–water partition coefficient (Wildman–Crippen LogP) is 5.59. The Morgan fingerprint density at radius 2 is 1.24 bits per heavy atom. The van der Waals surface area contributed by atoms with Crippen LogP contribution in [0.2, 0.25) is 0 Å². The maximum atomic E-state index is 11.9. The van der Waals surface area contributed by atoms with Gasteiger partial charge in [-0.15, -0.1) is 0 Å². The molecule has 0 heterocycles. The van der Waals surface area contributed by atoms with Gasteiger partial charge in [0.25, 0.3) is 0 Å². The third-order valence-electron chi connectivity index (χ3n) is 4.08. The summed E-state index contributed by atoms with van der Waals surface area (Å²) in [6.07, 6.45) is 8.56. The van der Waals surface area contributed by atoms with E-state index in [4.69, 9.17) is 19.6 Å². The Morgan fingerprint density at radius 3 is 1.48 bits per heavy atom. The summed E-state index contributed by atoms with van der Waals surface area (Å²) >= 11 is 0. The van der Waals surface area contributed by atoms with Gasteiger partial charge in [-0.05, 0) is 24.7 Å². The molecule has 0 aromatic carbocycles. The normalized spacial score (nSPS) is 15.0. The van der Waals surface area contributed by atoms with Crippen molar-refractivity contribution in [1.82, 2.24) is 0 Å². The molecule has 0 bridgehead atoms. The molecule has 7 heteroatoms. The minimum atomic E-state index is -3.89. The molecule has 0 aromatic heterocycles. The van der Waals surface area contributed by atoms with Crippen LogP contribution in [-0.2, 0) is 13.6 Å². The van der Waals surface area contributed by atoms with Crippen molar-refractivity contribution in [2.75, 3.05) is 13.2 Å². The molecule has 146 valence electrons. The molecule has 0 fully saturated rings. The van der Waals surface area contributed by atoms with Crippen molar-refractivity contribution in [2.24, 2.45) is 11.8 Å². The maximum Gasteiger partial charge on any atom is 0.472 e. The first kappa shape index (κ1) is 26.3. The maximum absolute atomic E-state index is 11.9. The lowest BCUT2D eigenvalue weighted by atomic mass is 10.0. The first-order valence-electron chi connectivity index (χ1n) is 9.30. The van der Waals surface area contributed by atoms with Crippen LogP contribution in [0.25, 0.3) is 0 Å². The van der Waals surface area contributed by atoms with Gasteiger partial charge in [0, 0.05) is 0 Å². The minimum absolute atomic E-state index is 0.316. The molecule has 0 aliphatic carbocycles. The van der Waals surface area contributed by atoms with Gasteiger partial charge in [0.1, 0.15) is 0 Å². The third-order valence-corrected chi connectivity index (χ3v) is 5.03. The fraction of sp³-hybridized carbons (Fsp3) is 0.889. The summed E-state index contributed by atoms with van der Waals surface area (Å²) in [6.45, 7) is 9.10. The largest absolute Gasteiger partial charge is 0.472 e. The molecule has 0 aliphatic rings. The number of unbranched alkanes of at least 4 members (excludes halogenated alkanes) is 2. The van der Waals surface area contributed by atoms with E-state index in [1.165, 1.54) is 12.1 Å². The number of phosphoric ester groups is 1. The number of nitrogens with zero attached hydrogens (tertiary/aromatic N) is 2. The van der Waals surface area contributed by atoms with Crippen LogP contribution in [0.15, 0.2) is 0 Å². The van der Waals surface area contributed by atoms with Gasteiger partial charge in [0.05, 0.1) is 13.2 Å². The van der Waals surface area contributed by atoms with E-state index in [0.717, 1.165) is 51.4 Å². The number of hydrogen-bond acceptors (Lipinski definition) is 5. The Kier molecular flexibility index (Phi) is 18.8. The average molecular weight is 374 g/mol. The standard InChI is InChI=1S/C16H35O4P.C2N2/c1-5-9-11-15(7-3)13-19-21(17,18)20-14-16(8-4)12-10-6-2;3-1-2-4/h15-16H,5-14H2,1-4H3,(H,17,18);. The summed E-state index contributed by atoms with van der Waals surface area (Å²) in [6, 6.07) is 2.47. The zero-order valence-electron chi connectivity index (χ0n) is 16.2. The molecule has 6 nitrogen and oxygen atoms in total. The van der Waals surface area contributed by atoms with Crippen molar-refractivity contribution < 1.29 is 18.5 Å². The van der Waals surface area contributed by atoms with Crippen LogP contribution in [0, 0.1) is 34.5 Å². The number of nitriles is 2. The molecule has 1 N–H and O–H groups in total. The van der Waals surface area contributed by atoms with Crippen molar-refractivity contribution in [3.8, 4) is 12.1 Å². The van der Waals surface area contributed by atoms with Gasteiger partial charge in [0.15, 0.2) is 12.1 Å². The average Bonchev–Trinajstić information content (AvgIpc) is 2.62. The topological polar surface area (TPSA) is 103 Å². The molecule has 0 aromatic rings. The Labute approximate surface area is 153 Å². The highest BCUT2D eigenvalue weighted by Gasteiger charge is 2.24. The van der Waals surface area contributed by atoms with Crippen LogP contribution in [0.4, 0.5) is 0 Å². The summed E-state index contributed by atoms with van der Waals surface area (Å²) in [5.41, 5.74) is 0. The quantitative estimate of drug-likeness (QED) is 0.398. The van der Waals surface area contributed by atoms with Gasteiger partial charge in [-0.3, -0.25) is 9.05 Å². The van der Waals surface area contributed by atoms with E-state index in [9.17, 15) is 9.46 Å². The van der Waals surface area contributed by atoms with Gasteiger partial charge >= 0.3 is 7.82 Å². The van der Waals surface area contributed by atoms with Crippen LogP contribution in [-0.4, -0.2) is 18.1 Å². The molecular formula is C18H35N2O4P. The highest BCUT2D eigenvalue weighted by molar-refractivity contribution is 7.47. The second-order valence-electron chi connectivity index (χ2n) is 6.12. The lowest BCUT2D eigenvalue weighted by Gasteiger charge is -2.20. The highest BCUT2D eigenvalue weighted by atomic mass is 31.2. The Hall–Kier alpha value is -0.910. The first-order valence-corrected chi connectivity index (χ1v) is 10.8. The van der Waals surface area contributed by atoms with Gasteiger partial charge in [0.2, 0.25) is 0 Å². The van der Waals surface area contributed by atoms with E-state index in [-0.39, 0.29) is 0 Å². The van der Waals surface area contributed by atoms with Crippen molar-refractivity contribution >= 4 is 7.82 Å². The SMILES string of the molecule is CCCCC(CC)COP(=O)(O)OCC(CC)CCCC.N#CC#N. The first-order chi connectivity index (χ1) is 11.9.